The quantitative estimate of drug-likeness (QED) is 0.831. The highest BCUT2D eigenvalue weighted by molar-refractivity contribution is 5.74. The molecule has 0 aromatic heterocycles. The van der Waals surface area contributed by atoms with Crippen LogP contribution in [0.15, 0.2) is 24.3 Å². The van der Waals surface area contributed by atoms with E-state index in [1.165, 1.54) is 6.42 Å². The van der Waals surface area contributed by atoms with Crippen LogP contribution in [-0.2, 0) is 6.54 Å². The fourth-order valence-corrected chi connectivity index (χ4v) is 4.09. The number of ether oxygens (including phenoxy) is 1. The number of methoxy groups -OCH3 is 1. The Morgan fingerprint density at radius 1 is 1.15 bits per heavy atom. The Morgan fingerprint density at radius 3 is 2.70 bits per heavy atom. The summed E-state index contributed by atoms with van der Waals surface area (Å²) in [5, 5.41) is 3.10. The van der Waals surface area contributed by atoms with Gasteiger partial charge in [0.2, 0.25) is 0 Å². The van der Waals surface area contributed by atoms with Crippen molar-refractivity contribution in [3.05, 3.63) is 29.8 Å². The van der Waals surface area contributed by atoms with E-state index in [0.717, 1.165) is 69.8 Å². The number of hydrogen-bond donors (Lipinski definition) is 1. The average Bonchev–Trinajstić information content (AvgIpc) is 2.72. The fourth-order valence-electron chi connectivity index (χ4n) is 4.09. The van der Waals surface area contributed by atoms with E-state index >= 15 is 0 Å². The van der Waals surface area contributed by atoms with Crippen molar-refractivity contribution in [2.45, 2.75) is 38.3 Å². The molecule has 2 aliphatic rings. The lowest BCUT2D eigenvalue weighted by atomic mass is 9.99. The molecule has 2 fully saturated rings. The molecule has 0 aliphatic carbocycles. The number of rotatable bonds is 6. The maximum atomic E-state index is 12.8. The number of carbonyl (C=O) groups is 1. The molecule has 6 heteroatoms. The molecule has 6 nitrogen and oxygen atoms in total. The number of piperazine rings is 1. The molecule has 0 saturated carbocycles. The van der Waals surface area contributed by atoms with Crippen molar-refractivity contribution in [3.8, 4) is 5.75 Å². The lowest BCUT2D eigenvalue weighted by Crippen LogP contribution is -2.50. The third-order valence-electron chi connectivity index (χ3n) is 5.89. The summed E-state index contributed by atoms with van der Waals surface area (Å²) in [5.74, 6) is 0.822. The summed E-state index contributed by atoms with van der Waals surface area (Å²) in [6, 6.07) is 8.27. The number of nitrogens with zero attached hydrogens (tertiary/aromatic N) is 3. The predicted octanol–water partition coefficient (Wildman–Crippen LogP) is 2.40. The number of benzene rings is 1. The number of piperidine rings is 1. The monoisotopic (exact) mass is 374 g/mol. The Labute approximate surface area is 163 Å². The second kappa shape index (κ2) is 9.95. The first kappa shape index (κ1) is 20.0. The van der Waals surface area contributed by atoms with Crippen molar-refractivity contribution in [2.75, 3.05) is 53.4 Å². The van der Waals surface area contributed by atoms with Gasteiger partial charge in [0, 0.05) is 57.4 Å². The lowest BCUT2D eigenvalue weighted by molar-refractivity contribution is 0.117. The maximum Gasteiger partial charge on any atom is 0.317 e. The van der Waals surface area contributed by atoms with Gasteiger partial charge in [-0.25, -0.2) is 4.79 Å². The standard InChI is InChI=1S/C21H34N4O2/c1-23-13-15-24(16-14-23)12-10-19-8-5-6-11-25(19)21(26)22-17-18-7-3-4-9-20(18)27-2/h3-4,7,9,19H,5-6,8,10-17H2,1-2H3,(H,22,26). The van der Waals surface area contributed by atoms with E-state index < -0.39 is 0 Å². The number of urea groups is 1. The molecule has 1 N–H and O–H groups in total. The van der Waals surface area contributed by atoms with Gasteiger partial charge in [-0.3, -0.25) is 0 Å². The zero-order valence-electron chi connectivity index (χ0n) is 16.8. The second-order valence-corrected chi connectivity index (χ2v) is 7.75. The molecule has 1 aromatic carbocycles. The summed E-state index contributed by atoms with van der Waals surface area (Å²) in [7, 11) is 3.85. The fraction of sp³-hybridized carbons (Fsp3) is 0.667. The topological polar surface area (TPSA) is 48.1 Å². The van der Waals surface area contributed by atoms with E-state index in [1.54, 1.807) is 7.11 Å². The molecule has 2 heterocycles. The van der Waals surface area contributed by atoms with Crippen molar-refractivity contribution >= 4 is 6.03 Å². The summed E-state index contributed by atoms with van der Waals surface area (Å²) >= 11 is 0. The van der Waals surface area contributed by atoms with Gasteiger partial charge in [-0.15, -0.1) is 0 Å². The van der Waals surface area contributed by atoms with Gasteiger partial charge < -0.3 is 24.8 Å². The molecule has 0 radical (unpaired) electrons. The van der Waals surface area contributed by atoms with Gasteiger partial charge in [0.15, 0.2) is 0 Å². The van der Waals surface area contributed by atoms with Crippen LogP contribution < -0.4 is 10.1 Å². The molecule has 1 unspecified atom stereocenters. The highest BCUT2D eigenvalue weighted by Crippen LogP contribution is 2.21. The van der Waals surface area contributed by atoms with Crippen molar-refractivity contribution in [1.29, 1.82) is 0 Å². The van der Waals surface area contributed by atoms with Gasteiger partial charge in [0.1, 0.15) is 5.75 Å². The first-order chi connectivity index (χ1) is 13.2. The van der Waals surface area contributed by atoms with Crippen molar-refractivity contribution < 1.29 is 9.53 Å². The zero-order valence-corrected chi connectivity index (χ0v) is 16.8. The van der Waals surface area contributed by atoms with E-state index in [1.807, 2.05) is 24.3 Å². The SMILES string of the molecule is COc1ccccc1CNC(=O)N1CCCCC1CCN1CCN(C)CC1. The minimum absolute atomic E-state index is 0.0592. The number of hydrogen-bond acceptors (Lipinski definition) is 4. The Balaban J connectivity index is 1.50. The third-order valence-corrected chi connectivity index (χ3v) is 5.89. The van der Waals surface area contributed by atoms with Crippen LogP contribution in [0.4, 0.5) is 4.79 Å². The smallest absolute Gasteiger partial charge is 0.317 e. The van der Waals surface area contributed by atoms with E-state index in [9.17, 15) is 4.79 Å². The first-order valence-corrected chi connectivity index (χ1v) is 10.2. The van der Waals surface area contributed by atoms with Crippen LogP contribution in [0.25, 0.3) is 0 Å². The van der Waals surface area contributed by atoms with Gasteiger partial charge in [0.05, 0.1) is 7.11 Å². The molecular formula is C21H34N4O2. The van der Waals surface area contributed by atoms with Crippen LogP contribution in [0, 0.1) is 0 Å². The van der Waals surface area contributed by atoms with Gasteiger partial charge in [0.25, 0.3) is 0 Å². The second-order valence-electron chi connectivity index (χ2n) is 7.75. The van der Waals surface area contributed by atoms with Crippen molar-refractivity contribution in [1.82, 2.24) is 20.0 Å². The number of likely N-dealkylation sites (tertiary alicyclic amines) is 1. The van der Waals surface area contributed by atoms with Crippen LogP contribution in [0.3, 0.4) is 0 Å². The Hall–Kier alpha value is -1.79. The Morgan fingerprint density at radius 2 is 1.93 bits per heavy atom. The van der Waals surface area contributed by atoms with Crippen LogP contribution >= 0.6 is 0 Å². The summed E-state index contributed by atoms with van der Waals surface area (Å²) in [6.07, 6.45) is 4.53. The van der Waals surface area contributed by atoms with Gasteiger partial charge >= 0.3 is 6.03 Å². The maximum absolute atomic E-state index is 12.8. The number of likely N-dealkylation sites (N-methyl/N-ethyl adjacent to an activating group) is 1. The molecule has 0 bridgehead atoms. The van der Waals surface area contributed by atoms with E-state index in [4.69, 9.17) is 4.74 Å². The van der Waals surface area contributed by atoms with E-state index in [-0.39, 0.29) is 6.03 Å². The highest BCUT2D eigenvalue weighted by Gasteiger charge is 2.27. The summed E-state index contributed by atoms with van der Waals surface area (Å²) < 4.78 is 5.38. The third kappa shape index (κ3) is 5.59. The van der Waals surface area contributed by atoms with Crippen LogP contribution in [0.2, 0.25) is 0 Å². The van der Waals surface area contributed by atoms with E-state index in [2.05, 4.69) is 27.1 Å². The highest BCUT2D eigenvalue weighted by atomic mass is 16.5. The molecule has 27 heavy (non-hydrogen) atoms. The molecule has 1 aromatic rings. The largest absolute Gasteiger partial charge is 0.496 e. The Kier molecular flexibility index (Phi) is 7.35. The van der Waals surface area contributed by atoms with Gasteiger partial charge in [-0.1, -0.05) is 18.2 Å². The summed E-state index contributed by atoms with van der Waals surface area (Å²) in [6.45, 7) is 7.04. The minimum Gasteiger partial charge on any atom is -0.496 e. The van der Waals surface area contributed by atoms with Crippen molar-refractivity contribution in [2.24, 2.45) is 0 Å². The normalized spacial score (nSPS) is 21.9. The van der Waals surface area contributed by atoms with Crippen LogP contribution in [-0.4, -0.2) is 80.2 Å². The predicted molar refractivity (Wildman–Crippen MR) is 108 cm³/mol. The van der Waals surface area contributed by atoms with Crippen LogP contribution in [0.5, 0.6) is 5.75 Å². The molecule has 150 valence electrons. The number of amides is 2. The molecule has 2 aliphatic heterocycles. The Bertz CT molecular complexity index is 602. The summed E-state index contributed by atoms with van der Waals surface area (Å²) in [4.78, 5) is 19.8. The molecule has 2 amide bonds. The van der Waals surface area contributed by atoms with E-state index in [0.29, 0.717) is 12.6 Å². The van der Waals surface area contributed by atoms with Crippen molar-refractivity contribution in [3.63, 3.8) is 0 Å². The lowest BCUT2D eigenvalue weighted by Gasteiger charge is -2.38. The number of carbonyl (C=O) groups excluding carboxylic acids is 1. The van der Waals surface area contributed by atoms with Gasteiger partial charge in [-0.2, -0.15) is 0 Å². The minimum atomic E-state index is 0.0592. The first-order valence-electron chi connectivity index (χ1n) is 10.2. The van der Waals surface area contributed by atoms with Crippen LogP contribution in [0.1, 0.15) is 31.2 Å². The molecule has 0 spiro atoms. The molecule has 1 atom stereocenters. The molecule has 3 rings (SSSR count). The number of para-hydroxylation sites is 1. The molecular weight excluding hydrogens is 340 g/mol. The number of nitrogens with one attached hydrogen (secondary N) is 1. The average molecular weight is 375 g/mol. The zero-order chi connectivity index (χ0) is 19.1. The van der Waals surface area contributed by atoms with Gasteiger partial charge in [-0.05, 0) is 38.8 Å². The molecule has 2 saturated heterocycles. The summed E-state index contributed by atoms with van der Waals surface area (Å²) in [5.41, 5.74) is 1.01.